The number of carbonyl (C=O) groups is 1. The summed E-state index contributed by atoms with van der Waals surface area (Å²) in [7, 11) is 0. The summed E-state index contributed by atoms with van der Waals surface area (Å²) in [6.07, 6.45) is 1.10. The third-order valence-corrected chi connectivity index (χ3v) is 5.06. The average Bonchev–Trinajstić information content (AvgIpc) is 2.88. The van der Waals surface area contributed by atoms with Crippen molar-refractivity contribution in [2.45, 2.75) is 40.3 Å². The van der Waals surface area contributed by atoms with Crippen LogP contribution in [0.1, 0.15) is 39.8 Å². The molecule has 1 aromatic heterocycles. The van der Waals surface area contributed by atoms with Gasteiger partial charge in [-0.15, -0.1) is 0 Å². The van der Waals surface area contributed by atoms with Crippen molar-refractivity contribution in [2.75, 3.05) is 19.6 Å². The van der Waals surface area contributed by atoms with Crippen molar-refractivity contribution in [2.24, 2.45) is 0 Å². The highest BCUT2D eigenvalue weighted by Gasteiger charge is 2.17. The summed E-state index contributed by atoms with van der Waals surface area (Å²) < 4.78 is 2.18. The van der Waals surface area contributed by atoms with E-state index in [-0.39, 0.29) is 5.91 Å². The minimum atomic E-state index is 0.0419. The van der Waals surface area contributed by atoms with Gasteiger partial charge >= 0.3 is 0 Å². The molecule has 4 nitrogen and oxygen atoms in total. The maximum Gasteiger partial charge on any atom is 0.253 e. The first-order valence-corrected chi connectivity index (χ1v) is 8.84. The van der Waals surface area contributed by atoms with Crippen LogP contribution >= 0.6 is 0 Å². The Hall–Kier alpha value is -2.07. The smallest absolute Gasteiger partial charge is 0.253 e. The first kappa shape index (κ1) is 16.8. The zero-order valence-corrected chi connectivity index (χ0v) is 14.9. The number of hydrogen-bond acceptors (Lipinski definition) is 2. The number of amides is 1. The molecular formula is C20H27N3O. The van der Waals surface area contributed by atoms with E-state index in [2.05, 4.69) is 52.9 Å². The second-order valence-electron chi connectivity index (χ2n) is 6.58. The highest BCUT2D eigenvalue weighted by atomic mass is 16.1. The number of benzene rings is 1. The fourth-order valence-corrected chi connectivity index (χ4v) is 3.69. The fraction of sp³-hybridized carbons (Fsp3) is 0.450. The Morgan fingerprint density at radius 1 is 1.21 bits per heavy atom. The summed E-state index contributed by atoms with van der Waals surface area (Å²) in [6, 6.07) is 10.6. The number of hydrogen-bond donors (Lipinski definition) is 1. The van der Waals surface area contributed by atoms with E-state index >= 15 is 0 Å². The van der Waals surface area contributed by atoms with Crippen LogP contribution < -0.4 is 5.32 Å². The predicted molar refractivity (Wildman–Crippen MR) is 97.3 cm³/mol. The third-order valence-electron chi connectivity index (χ3n) is 5.06. The van der Waals surface area contributed by atoms with Crippen molar-refractivity contribution in [1.29, 1.82) is 0 Å². The van der Waals surface area contributed by atoms with Gasteiger partial charge in [0.2, 0.25) is 0 Å². The van der Waals surface area contributed by atoms with Gasteiger partial charge in [-0.1, -0.05) is 24.3 Å². The zero-order chi connectivity index (χ0) is 17.1. The van der Waals surface area contributed by atoms with Crippen LogP contribution in [-0.2, 0) is 19.5 Å². The fourth-order valence-electron chi connectivity index (χ4n) is 3.69. The van der Waals surface area contributed by atoms with Crippen LogP contribution in [0.5, 0.6) is 0 Å². The van der Waals surface area contributed by atoms with Crippen molar-refractivity contribution in [3.05, 3.63) is 58.4 Å². The van der Waals surface area contributed by atoms with Crippen LogP contribution in [0.4, 0.5) is 0 Å². The van der Waals surface area contributed by atoms with Gasteiger partial charge in [-0.25, -0.2) is 0 Å². The highest BCUT2D eigenvalue weighted by Crippen LogP contribution is 2.18. The van der Waals surface area contributed by atoms with Crippen LogP contribution in [0.25, 0.3) is 0 Å². The lowest BCUT2D eigenvalue weighted by atomic mass is 10.00. The Kier molecular flexibility index (Phi) is 5.05. The van der Waals surface area contributed by atoms with Crippen LogP contribution in [-0.4, -0.2) is 35.0 Å². The molecule has 0 spiro atoms. The Balaban J connectivity index is 1.53. The van der Waals surface area contributed by atoms with Gasteiger partial charge in [0.05, 0.1) is 5.56 Å². The Morgan fingerprint density at radius 3 is 2.67 bits per heavy atom. The number of carbonyl (C=O) groups excluding carboxylic acids is 1. The molecule has 0 radical (unpaired) electrons. The van der Waals surface area contributed by atoms with Gasteiger partial charge in [-0.2, -0.15) is 0 Å². The lowest BCUT2D eigenvalue weighted by Gasteiger charge is -2.28. The second-order valence-corrected chi connectivity index (χ2v) is 6.58. The van der Waals surface area contributed by atoms with E-state index in [1.165, 1.54) is 11.1 Å². The number of nitrogens with zero attached hydrogens (tertiary/aromatic N) is 2. The summed E-state index contributed by atoms with van der Waals surface area (Å²) >= 11 is 0. The molecule has 24 heavy (non-hydrogen) atoms. The molecule has 0 saturated heterocycles. The molecule has 128 valence electrons. The maximum absolute atomic E-state index is 12.4. The van der Waals surface area contributed by atoms with Gasteiger partial charge in [-0.3, -0.25) is 9.69 Å². The van der Waals surface area contributed by atoms with Crippen LogP contribution in [0.3, 0.4) is 0 Å². The molecule has 0 fully saturated rings. The Labute approximate surface area is 144 Å². The molecule has 0 bridgehead atoms. The van der Waals surface area contributed by atoms with E-state index in [1.807, 2.05) is 13.0 Å². The second kappa shape index (κ2) is 7.22. The molecule has 1 aliphatic rings. The highest BCUT2D eigenvalue weighted by molar-refractivity contribution is 5.95. The van der Waals surface area contributed by atoms with Crippen molar-refractivity contribution >= 4 is 5.91 Å². The van der Waals surface area contributed by atoms with E-state index in [4.69, 9.17) is 0 Å². The number of nitrogens with one attached hydrogen (secondary N) is 1. The largest absolute Gasteiger partial charge is 0.351 e. The summed E-state index contributed by atoms with van der Waals surface area (Å²) in [4.78, 5) is 14.9. The molecule has 1 amide bonds. The number of aryl methyl sites for hydroxylation is 1. The molecule has 1 aromatic carbocycles. The van der Waals surface area contributed by atoms with E-state index in [9.17, 15) is 4.79 Å². The molecule has 2 aromatic rings. The van der Waals surface area contributed by atoms with E-state index in [0.717, 1.165) is 49.6 Å². The molecule has 3 rings (SSSR count). The summed E-state index contributed by atoms with van der Waals surface area (Å²) in [6.45, 7) is 10.7. The van der Waals surface area contributed by atoms with Crippen LogP contribution in [0.15, 0.2) is 30.3 Å². The van der Waals surface area contributed by atoms with E-state index in [0.29, 0.717) is 6.54 Å². The molecule has 2 heterocycles. The van der Waals surface area contributed by atoms with Gasteiger partial charge < -0.3 is 9.88 Å². The average molecular weight is 325 g/mol. The molecule has 4 heteroatoms. The molecule has 1 N–H and O–H groups in total. The lowest BCUT2D eigenvalue weighted by Crippen LogP contribution is -2.37. The first-order chi connectivity index (χ1) is 11.6. The van der Waals surface area contributed by atoms with Crippen LogP contribution in [0.2, 0.25) is 0 Å². The predicted octanol–water partition coefficient (Wildman–Crippen LogP) is 2.91. The molecule has 0 unspecified atom stereocenters. The number of rotatable bonds is 5. The van der Waals surface area contributed by atoms with E-state index in [1.54, 1.807) is 0 Å². The summed E-state index contributed by atoms with van der Waals surface area (Å²) in [5.41, 5.74) is 5.89. The standard InChI is InChI=1S/C20H27N3O/c1-4-23-15(2)13-19(16(23)3)20(24)21-10-12-22-11-9-17-7-5-6-8-18(17)14-22/h5-8,13H,4,9-12,14H2,1-3H3,(H,21,24). The molecule has 0 atom stereocenters. The van der Waals surface area contributed by atoms with Gasteiger partial charge in [0.25, 0.3) is 5.91 Å². The minimum absolute atomic E-state index is 0.0419. The van der Waals surface area contributed by atoms with Crippen molar-refractivity contribution in [3.8, 4) is 0 Å². The monoisotopic (exact) mass is 325 g/mol. The van der Waals surface area contributed by atoms with Crippen LogP contribution in [0, 0.1) is 13.8 Å². The molecule has 0 saturated carbocycles. The summed E-state index contributed by atoms with van der Waals surface area (Å²) in [5.74, 6) is 0.0419. The normalized spacial score (nSPS) is 14.5. The minimum Gasteiger partial charge on any atom is -0.351 e. The van der Waals surface area contributed by atoms with Crippen molar-refractivity contribution in [1.82, 2.24) is 14.8 Å². The SMILES string of the molecule is CCn1c(C)cc(C(=O)NCCN2CCc3ccccc3C2)c1C. The molecule has 1 aliphatic heterocycles. The quantitative estimate of drug-likeness (QED) is 0.918. The van der Waals surface area contributed by atoms with Gasteiger partial charge in [0.15, 0.2) is 0 Å². The topological polar surface area (TPSA) is 37.3 Å². The summed E-state index contributed by atoms with van der Waals surface area (Å²) in [5, 5.41) is 3.08. The molecular weight excluding hydrogens is 298 g/mol. The van der Waals surface area contributed by atoms with Crippen molar-refractivity contribution in [3.63, 3.8) is 0 Å². The maximum atomic E-state index is 12.4. The zero-order valence-electron chi connectivity index (χ0n) is 14.9. The number of aromatic nitrogens is 1. The Bertz CT molecular complexity index is 732. The van der Waals surface area contributed by atoms with Gasteiger partial charge in [0.1, 0.15) is 0 Å². The molecule has 0 aliphatic carbocycles. The van der Waals surface area contributed by atoms with E-state index < -0.39 is 0 Å². The van der Waals surface area contributed by atoms with Gasteiger partial charge in [-0.05, 0) is 44.4 Å². The Morgan fingerprint density at radius 2 is 1.96 bits per heavy atom. The third kappa shape index (κ3) is 3.39. The number of fused-ring (bicyclic) bond motifs is 1. The van der Waals surface area contributed by atoms with Crippen molar-refractivity contribution < 1.29 is 4.79 Å². The first-order valence-electron chi connectivity index (χ1n) is 8.84. The van der Waals surface area contributed by atoms with Gasteiger partial charge in [0, 0.05) is 44.1 Å². The lowest BCUT2D eigenvalue weighted by molar-refractivity contribution is 0.0946.